The van der Waals surface area contributed by atoms with Gasteiger partial charge in [0.05, 0.1) is 19.3 Å². The van der Waals surface area contributed by atoms with E-state index < -0.39 is 12.3 Å². The lowest BCUT2D eigenvalue weighted by atomic mass is 10.1. The molecule has 1 aliphatic rings. The molecule has 0 radical (unpaired) electrons. The standard InChI is InChI=1S/C11H19F2NO3/c1-2-16-7-8-17-9-3-5-14(6-4-9)11(15)10(12)13/h9-10H,2-8H2,1H3. The Kier molecular flexibility index (Phi) is 6.36. The van der Waals surface area contributed by atoms with Crippen molar-refractivity contribution < 1.29 is 23.0 Å². The Morgan fingerprint density at radius 2 is 2.00 bits per heavy atom. The number of piperidine rings is 1. The van der Waals surface area contributed by atoms with Crippen LogP contribution in [0.2, 0.25) is 0 Å². The van der Waals surface area contributed by atoms with Gasteiger partial charge in [0.25, 0.3) is 5.91 Å². The van der Waals surface area contributed by atoms with Crippen LogP contribution in [0.1, 0.15) is 19.8 Å². The summed E-state index contributed by atoms with van der Waals surface area (Å²) in [6.45, 7) is 4.33. The summed E-state index contributed by atoms with van der Waals surface area (Å²) in [7, 11) is 0. The molecule has 1 rings (SSSR count). The Hall–Kier alpha value is -0.750. The summed E-state index contributed by atoms with van der Waals surface area (Å²) in [6.07, 6.45) is -1.61. The van der Waals surface area contributed by atoms with Gasteiger partial charge in [0, 0.05) is 19.7 Å². The van der Waals surface area contributed by atoms with Gasteiger partial charge in [-0.05, 0) is 19.8 Å². The van der Waals surface area contributed by atoms with E-state index in [0.29, 0.717) is 45.8 Å². The number of carbonyl (C=O) groups is 1. The van der Waals surface area contributed by atoms with Crippen molar-refractivity contribution in [2.24, 2.45) is 0 Å². The molecule has 0 aromatic rings. The summed E-state index contributed by atoms with van der Waals surface area (Å²) >= 11 is 0. The number of halogens is 2. The molecule has 1 heterocycles. The van der Waals surface area contributed by atoms with Crippen molar-refractivity contribution in [1.29, 1.82) is 0 Å². The first-order valence-corrected chi connectivity index (χ1v) is 5.91. The van der Waals surface area contributed by atoms with Crippen molar-refractivity contribution in [1.82, 2.24) is 4.90 Å². The Balaban J connectivity index is 2.15. The Labute approximate surface area is 99.9 Å². The molecule has 1 amide bonds. The van der Waals surface area contributed by atoms with E-state index in [0.717, 1.165) is 0 Å². The summed E-state index contributed by atoms with van der Waals surface area (Å²) in [5.74, 6) is -1.07. The van der Waals surface area contributed by atoms with Gasteiger partial charge in [-0.25, -0.2) is 0 Å². The normalized spacial score (nSPS) is 17.8. The van der Waals surface area contributed by atoms with E-state index in [2.05, 4.69) is 0 Å². The minimum atomic E-state index is -2.90. The number of amides is 1. The van der Waals surface area contributed by atoms with Crippen molar-refractivity contribution in [3.63, 3.8) is 0 Å². The number of nitrogens with zero attached hydrogens (tertiary/aromatic N) is 1. The third kappa shape index (κ3) is 4.95. The SMILES string of the molecule is CCOCCOC1CCN(C(=O)C(F)F)CC1. The molecule has 0 spiro atoms. The molecule has 0 aliphatic carbocycles. The zero-order chi connectivity index (χ0) is 12.7. The fourth-order valence-electron chi connectivity index (χ4n) is 1.80. The molecule has 0 aromatic carbocycles. The highest BCUT2D eigenvalue weighted by atomic mass is 19.3. The first-order chi connectivity index (χ1) is 8.15. The van der Waals surface area contributed by atoms with Crippen LogP contribution in [0.4, 0.5) is 8.78 Å². The summed E-state index contributed by atoms with van der Waals surface area (Å²) in [6, 6.07) is 0. The predicted molar refractivity (Wildman–Crippen MR) is 58.1 cm³/mol. The fourth-order valence-corrected chi connectivity index (χ4v) is 1.80. The molecule has 0 atom stereocenters. The van der Waals surface area contributed by atoms with Gasteiger partial charge in [-0.1, -0.05) is 0 Å². The lowest BCUT2D eigenvalue weighted by molar-refractivity contribution is -0.145. The predicted octanol–water partition coefficient (Wildman–Crippen LogP) is 1.30. The Morgan fingerprint density at radius 1 is 1.35 bits per heavy atom. The number of likely N-dealkylation sites (tertiary alicyclic amines) is 1. The van der Waals surface area contributed by atoms with Crippen LogP contribution in [0.3, 0.4) is 0 Å². The van der Waals surface area contributed by atoms with Crippen LogP contribution in [-0.2, 0) is 14.3 Å². The molecule has 0 bridgehead atoms. The maximum Gasteiger partial charge on any atom is 0.315 e. The van der Waals surface area contributed by atoms with Crippen LogP contribution in [-0.4, -0.2) is 56.2 Å². The van der Waals surface area contributed by atoms with Crippen molar-refractivity contribution in [3.8, 4) is 0 Å². The topological polar surface area (TPSA) is 38.8 Å². The van der Waals surface area contributed by atoms with Crippen LogP contribution in [0.25, 0.3) is 0 Å². The minimum Gasteiger partial charge on any atom is -0.379 e. The van der Waals surface area contributed by atoms with Crippen molar-refractivity contribution in [2.75, 3.05) is 32.9 Å². The highest BCUT2D eigenvalue weighted by molar-refractivity contribution is 5.79. The maximum absolute atomic E-state index is 12.2. The summed E-state index contributed by atoms with van der Waals surface area (Å²) in [5, 5.41) is 0. The molecule has 0 aromatic heterocycles. The highest BCUT2D eigenvalue weighted by Gasteiger charge is 2.27. The van der Waals surface area contributed by atoms with Gasteiger partial charge < -0.3 is 14.4 Å². The zero-order valence-corrected chi connectivity index (χ0v) is 10.0. The monoisotopic (exact) mass is 251 g/mol. The average molecular weight is 251 g/mol. The number of rotatable bonds is 6. The minimum absolute atomic E-state index is 0.0529. The molecule has 0 unspecified atom stereocenters. The largest absolute Gasteiger partial charge is 0.379 e. The maximum atomic E-state index is 12.2. The van der Waals surface area contributed by atoms with Crippen molar-refractivity contribution in [2.45, 2.75) is 32.3 Å². The smallest absolute Gasteiger partial charge is 0.315 e. The molecule has 1 saturated heterocycles. The molecular weight excluding hydrogens is 232 g/mol. The molecule has 4 nitrogen and oxygen atoms in total. The molecule has 0 saturated carbocycles. The third-order valence-corrected chi connectivity index (χ3v) is 2.73. The van der Waals surface area contributed by atoms with Gasteiger partial charge in [0.1, 0.15) is 0 Å². The molecule has 1 fully saturated rings. The average Bonchev–Trinajstić information content (AvgIpc) is 2.34. The number of alkyl halides is 2. The van der Waals surface area contributed by atoms with Crippen molar-refractivity contribution in [3.05, 3.63) is 0 Å². The van der Waals surface area contributed by atoms with Crippen LogP contribution < -0.4 is 0 Å². The third-order valence-electron chi connectivity index (χ3n) is 2.73. The van der Waals surface area contributed by atoms with Gasteiger partial charge >= 0.3 is 6.43 Å². The van der Waals surface area contributed by atoms with E-state index in [1.807, 2.05) is 6.92 Å². The quantitative estimate of drug-likeness (QED) is 0.668. The second kappa shape index (κ2) is 7.55. The molecule has 100 valence electrons. The lowest BCUT2D eigenvalue weighted by Gasteiger charge is -2.31. The van der Waals surface area contributed by atoms with Gasteiger partial charge in [-0.15, -0.1) is 0 Å². The van der Waals surface area contributed by atoms with Gasteiger partial charge in [-0.3, -0.25) is 4.79 Å². The highest BCUT2D eigenvalue weighted by Crippen LogP contribution is 2.15. The van der Waals surface area contributed by atoms with Crippen molar-refractivity contribution >= 4 is 5.91 Å². The second-order valence-electron chi connectivity index (χ2n) is 3.89. The molecule has 1 aliphatic heterocycles. The van der Waals surface area contributed by atoms with E-state index in [-0.39, 0.29) is 6.10 Å². The number of hydrogen-bond donors (Lipinski definition) is 0. The molecule has 6 heteroatoms. The summed E-state index contributed by atoms with van der Waals surface area (Å²) < 4.78 is 35.0. The first kappa shape index (κ1) is 14.3. The van der Waals surface area contributed by atoms with Gasteiger partial charge in [0.2, 0.25) is 0 Å². The van der Waals surface area contributed by atoms with Crippen LogP contribution in [0.5, 0.6) is 0 Å². The Morgan fingerprint density at radius 3 is 2.53 bits per heavy atom. The van der Waals surface area contributed by atoms with E-state index in [1.165, 1.54) is 4.90 Å². The van der Waals surface area contributed by atoms with Crippen LogP contribution in [0, 0.1) is 0 Å². The van der Waals surface area contributed by atoms with E-state index in [4.69, 9.17) is 9.47 Å². The van der Waals surface area contributed by atoms with E-state index >= 15 is 0 Å². The summed E-state index contributed by atoms with van der Waals surface area (Å²) in [4.78, 5) is 12.2. The van der Waals surface area contributed by atoms with E-state index in [1.54, 1.807) is 0 Å². The van der Waals surface area contributed by atoms with E-state index in [9.17, 15) is 13.6 Å². The molecular formula is C11H19F2NO3. The zero-order valence-electron chi connectivity index (χ0n) is 10.0. The fraction of sp³-hybridized carbons (Fsp3) is 0.909. The molecule has 17 heavy (non-hydrogen) atoms. The number of hydrogen-bond acceptors (Lipinski definition) is 3. The Bertz CT molecular complexity index is 231. The van der Waals surface area contributed by atoms with Gasteiger partial charge in [0.15, 0.2) is 0 Å². The van der Waals surface area contributed by atoms with Crippen LogP contribution >= 0.6 is 0 Å². The lowest BCUT2D eigenvalue weighted by Crippen LogP contribution is -2.43. The second-order valence-corrected chi connectivity index (χ2v) is 3.89. The van der Waals surface area contributed by atoms with Gasteiger partial charge in [-0.2, -0.15) is 8.78 Å². The number of carbonyl (C=O) groups excluding carboxylic acids is 1. The summed E-state index contributed by atoms with van der Waals surface area (Å²) in [5.41, 5.74) is 0. The number of ether oxygens (including phenoxy) is 2. The van der Waals surface area contributed by atoms with Crippen LogP contribution in [0.15, 0.2) is 0 Å². The molecule has 0 N–H and O–H groups in total. The first-order valence-electron chi connectivity index (χ1n) is 5.91.